The van der Waals surface area contributed by atoms with Gasteiger partial charge in [-0.2, -0.15) is 13.2 Å². The average Bonchev–Trinajstić information content (AvgIpc) is 2.96. The Kier molecular flexibility index (Phi) is 7.87. The molecule has 0 bridgehead atoms. The number of fused-ring (bicyclic) bond motifs is 1. The molecule has 0 radical (unpaired) electrons. The van der Waals surface area contributed by atoms with E-state index in [0.717, 1.165) is 6.07 Å². The van der Waals surface area contributed by atoms with Crippen molar-refractivity contribution in [1.29, 1.82) is 0 Å². The summed E-state index contributed by atoms with van der Waals surface area (Å²) in [5.74, 6) is -2.68. The summed E-state index contributed by atoms with van der Waals surface area (Å²) in [6.45, 7) is 5.81. The van der Waals surface area contributed by atoms with Crippen LogP contribution in [0.15, 0.2) is 67.0 Å². The molecule has 43 heavy (non-hydrogen) atoms. The van der Waals surface area contributed by atoms with Crippen molar-refractivity contribution in [3.8, 4) is 22.6 Å². The van der Waals surface area contributed by atoms with Gasteiger partial charge < -0.3 is 15.0 Å². The lowest BCUT2D eigenvalue weighted by molar-refractivity contribution is -0.137. The van der Waals surface area contributed by atoms with Gasteiger partial charge in [-0.05, 0) is 50.6 Å². The predicted molar refractivity (Wildman–Crippen MR) is 150 cm³/mol. The van der Waals surface area contributed by atoms with Crippen LogP contribution in [0.4, 0.5) is 28.0 Å². The number of carbonyl (C=O) groups excluding carboxylic acids is 2. The summed E-state index contributed by atoms with van der Waals surface area (Å²) in [5.41, 5.74) is -0.602. The molecule has 0 spiro atoms. The van der Waals surface area contributed by atoms with Crippen molar-refractivity contribution in [3.05, 3.63) is 95.2 Å². The fraction of sp³-hybridized carbons (Fsp3) is 0.258. The number of ether oxygens (including phenoxy) is 1. The smallest absolute Gasteiger partial charge is 0.417 e. The van der Waals surface area contributed by atoms with Gasteiger partial charge in [0.15, 0.2) is 5.82 Å². The van der Waals surface area contributed by atoms with Crippen molar-refractivity contribution in [1.82, 2.24) is 19.9 Å². The first-order valence-electron chi connectivity index (χ1n) is 13.4. The summed E-state index contributed by atoms with van der Waals surface area (Å²) in [7, 11) is 0. The molecule has 12 heteroatoms. The Balaban J connectivity index is 1.54. The summed E-state index contributed by atoms with van der Waals surface area (Å²) >= 11 is 0. The highest BCUT2D eigenvalue weighted by Gasteiger charge is 2.36. The van der Waals surface area contributed by atoms with Crippen LogP contribution in [0, 0.1) is 5.82 Å². The molecule has 1 aliphatic heterocycles. The lowest BCUT2D eigenvalue weighted by Gasteiger charge is -2.31. The number of pyridine rings is 1. The highest BCUT2D eigenvalue weighted by Crippen LogP contribution is 2.38. The van der Waals surface area contributed by atoms with Crippen LogP contribution in [0.2, 0.25) is 0 Å². The number of aromatic nitrogens is 3. The zero-order valence-corrected chi connectivity index (χ0v) is 23.5. The summed E-state index contributed by atoms with van der Waals surface area (Å²) in [5, 5.41) is 2.64. The molecule has 1 aliphatic rings. The Morgan fingerprint density at radius 2 is 1.67 bits per heavy atom. The molecule has 2 aromatic heterocycles. The number of halogens is 4. The van der Waals surface area contributed by atoms with Crippen molar-refractivity contribution >= 4 is 17.7 Å². The Morgan fingerprint density at radius 3 is 2.33 bits per heavy atom. The van der Waals surface area contributed by atoms with Crippen molar-refractivity contribution in [2.24, 2.45) is 0 Å². The normalized spacial score (nSPS) is 13.3. The molecular formula is C31H27F4N5O3. The summed E-state index contributed by atoms with van der Waals surface area (Å²) in [4.78, 5) is 40.2. The molecule has 2 aromatic carbocycles. The maximum atomic E-state index is 15.1. The first-order chi connectivity index (χ1) is 20.3. The van der Waals surface area contributed by atoms with Crippen LogP contribution >= 0.6 is 0 Å². The van der Waals surface area contributed by atoms with Gasteiger partial charge in [0.1, 0.15) is 11.4 Å². The Labute approximate surface area is 244 Å². The van der Waals surface area contributed by atoms with Crippen LogP contribution in [0.25, 0.3) is 22.6 Å². The number of rotatable bonds is 4. The third kappa shape index (κ3) is 6.63. The van der Waals surface area contributed by atoms with E-state index in [2.05, 4.69) is 15.3 Å². The minimum Gasteiger partial charge on any atom is -0.444 e. The van der Waals surface area contributed by atoms with Gasteiger partial charge in [0.25, 0.3) is 5.91 Å². The van der Waals surface area contributed by atoms with Crippen LogP contribution in [0.1, 0.15) is 48.0 Å². The van der Waals surface area contributed by atoms with Crippen molar-refractivity contribution in [2.75, 3.05) is 11.9 Å². The summed E-state index contributed by atoms with van der Waals surface area (Å²) in [6, 6.07) is 13.1. The van der Waals surface area contributed by atoms with Crippen molar-refractivity contribution in [3.63, 3.8) is 0 Å². The third-order valence-electron chi connectivity index (χ3n) is 6.58. The Hall–Kier alpha value is -4.87. The van der Waals surface area contributed by atoms with E-state index in [1.165, 1.54) is 23.4 Å². The maximum Gasteiger partial charge on any atom is 0.417 e. The second kappa shape index (κ2) is 11.4. The zero-order chi connectivity index (χ0) is 30.9. The largest absolute Gasteiger partial charge is 0.444 e. The van der Waals surface area contributed by atoms with E-state index < -0.39 is 46.3 Å². The van der Waals surface area contributed by atoms with Gasteiger partial charge in [0, 0.05) is 42.2 Å². The molecule has 0 fully saturated rings. The van der Waals surface area contributed by atoms with Crippen LogP contribution in [0.3, 0.4) is 0 Å². The second-order valence-electron chi connectivity index (χ2n) is 10.9. The summed E-state index contributed by atoms with van der Waals surface area (Å²) in [6.07, 6.45) is -2.50. The number of benzene rings is 2. The predicted octanol–water partition coefficient (Wildman–Crippen LogP) is 6.91. The highest BCUT2D eigenvalue weighted by molar-refractivity contribution is 6.07. The van der Waals surface area contributed by atoms with Crippen molar-refractivity contribution in [2.45, 2.75) is 45.5 Å². The molecule has 1 N–H and O–H groups in total. The lowest BCUT2D eigenvalue weighted by atomic mass is 10.00. The molecule has 222 valence electrons. The Morgan fingerprint density at radius 1 is 0.977 bits per heavy atom. The number of hydrogen-bond donors (Lipinski definition) is 1. The van der Waals surface area contributed by atoms with E-state index in [0.29, 0.717) is 35.5 Å². The average molecular weight is 594 g/mol. The van der Waals surface area contributed by atoms with Gasteiger partial charge in [0.05, 0.1) is 29.1 Å². The monoisotopic (exact) mass is 593 g/mol. The van der Waals surface area contributed by atoms with Gasteiger partial charge in [0.2, 0.25) is 0 Å². The maximum absolute atomic E-state index is 15.1. The molecule has 0 unspecified atom stereocenters. The van der Waals surface area contributed by atoms with E-state index in [-0.39, 0.29) is 24.1 Å². The molecule has 4 aromatic rings. The lowest BCUT2D eigenvalue weighted by Crippen LogP contribution is -2.40. The first-order valence-corrected chi connectivity index (χ1v) is 13.4. The quantitative estimate of drug-likeness (QED) is 0.258. The van der Waals surface area contributed by atoms with E-state index >= 15 is 4.39 Å². The number of hydrogen-bond acceptors (Lipinski definition) is 6. The number of nitrogens with one attached hydrogen (secondary N) is 1. The minimum atomic E-state index is -4.92. The van der Waals surface area contributed by atoms with E-state index in [1.807, 2.05) is 6.07 Å². The van der Waals surface area contributed by atoms with Crippen LogP contribution < -0.4 is 5.32 Å². The van der Waals surface area contributed by atoms with Gasteiger partial charge >= 0.3 is 12.3 Å². The molecule has 0 atom stereocenters. The second-order valence-corrected chi connectivity index (χ2v) is 10.9. The molecule has 8 nitrogen and oxygen atoms in total. The van der Waals surface area contributed by atoms with Gasteiger partial charge in [-0.15, -0.1) is 0 Å². The fourth-order valence-corrected chi connectivity index (χ4v) is 4.66. The van der Waals surface area contributed by atoms with Gasteiger partial charge in [-0.25, -0.2) is 19.2 Å². The highest BCUT2D eigenvalue weighted by atomic mass is 19.4. The summed E-state index contributed by atoms with van der Waals surface area (Å²) < 4.78 is 62.0. The molecule has 3 heterocycles. The topological polar surface area (TPSA) is 97.3 Å². The Bertz CT molecular complexity index is 1670. The number of carbonyl (C=O) groups is 2. The minimum absolute atomic E-state index is 0.152. The van der Waals surface area contributed by atoms with E-state index in [1.54, 1.807) is 51.1 Å². The molecule has 5 rings (SSSR count). The third-order valence-corrected chi connectivity index (χ3v) is 6.58. The van der Waals surface area contributed by atoms with Crippen molar-refractivity contribution < 1.29 is 31.9 Å². The van der Waals surface area contributed by atoms with Gasteiger partial charge in [-0.3, -0.25) is 9.78 Å². The van der Waals surface area contributed by atoms with Gasteiger partial charge in [-0.1, -0.05) is 30.3 Å². The molecule has 0 saturated carbocycles. The molecular weight excluding hydrogens is 566 g/mol. The van der Waals surface area contributed by atoms with E-state index in [4.69, 9.17) is 9.72 Å². The van der Waals surface area contributed by atoms with Crippen LogP contribution in [0.5, 0.6) is 0 Å². The number of nitrogens with zero attached hydrogens (tertiary/aromatic N) is 4. The van der Waals surface area contributed by atoms with E-state index in [9.17, 15) is 22.8 Å². The molecule has 0 saturated heterocycles. The number of alkyl halides is 3. The fourth-order valence-electron chi connectivity index (χ4n) is 4.66. The molecule has 2 amide bonds. The zero-order valence-electron chi connectivity index (χ0n) is 23.5. The number of amides is 2. The standard InChI is InChI=1S/C31H27F4N5O3/c1-30(2,3)43-29(42)40-13-10-24-19(17-40)14-25(26(38-24)18-8-5-4-6-9-18)39-28(41)21-15-20(27-36-11-7-12-37-27)22(16-23(21)32)31(33,34)35/h4-9,11-12,14-16H,10,13,17H2,1-3H3,(H,39,41). The van der Waals surface area contributed by atoms with Crippen LogP contribution in [-0.4, -0.2) is 44.0 Å². The van der Waals surface area contributed by atoms with Crippen LogP contribution in [-0.2, 0) is 23.9 Å². The SMILES string of the molecule is CC(C)(C)OC(=O)N1CCc2nc(-c3ccccc3)c(NC(=O)c3cc(-c4ncccn4)c(C(F)(F)F)cc3F)cc2C1. The number of anilines is 1. The molecule has 0 aliphatic carbocycles. The first kappa shape index (κ1) is 29.6.